The van der Waals surface area contributed by atoms with Gasteiger partial charge in [-0.25, -0.2) is 0 Å². The van der Waals surface area contributed by atoms with Crippen molar-refractivity contribution in [2.45, 2.75) is 20.8 Å². The predicted molar refractivity (Wildman–Crippen MR) is 154 cm³/mol. The van der Waals surface area contributed by atoms with E-state index in [0.29, 0.717) is 37.9 Å². The number of amides is 2. The summed E-state index contributed by atoms with van der Waals surface area (Å²) < 4.78 is 12.2. The summed E-state index contributed by atoms with van der Waals surface area (Å²) in [5, 5.41) is 15.7. The third-order valence-corrected chi connectivity index (χ3v) is 6.18. The lowest BCUT2D eigenvalue weighted by molar-refractivity contribution is -0.118. The van der Waals surface area contributed by atoms with E-state index in [1.54, 1.807) is 36.4 Å². The SMILES string of the molecule is CCOc1cc(/C=C(/C#N)C(=O)Nc2ccc(Cl)cc2)cc(I)c1OCC(=O)Nc1cc(C)ccc1C. The molecule has 7 nitrogen and oxygen atoms in total. The molecule has 0 spiro atoms. The largest absolute Gasteiger partial charge is 0.490 e. The average molecular weight is 630 g/mol. The highest BCUT2D eigenvalue weighted by molar-refractivity contribution is 14.1. The maximum Gasteiger partial charge on any atom is 0.266 e. The molecule has 0 radical (unpaired) electrons. The number of nitriles is 1. The van der Waals surface area contributed by atoms with Crippen molar-refractivity contribution in [2.24, 2.45) is 0 Å². The fourth-order valence-corrected chi connectivity index (χ4v) is 4.22. The van der Waals surface area contributed by atoms with Crippen LogP contribution in [0, 0.1) is 28.7 Å². The first-order valence-corrected chi connectivity index (χ1v) is 12.8. The zero-order chi connectivity index (χ0) is 26.9. The first-order chi connectivity index (χ1) is 17.7. The first-order valence-electron chi connectivity index (χ1n) is 11.3. The number of aryl methyl sites for hydroxylation is 2. The lowest BCUT2D eigenvalue weighted by Crippen LogP contribution is -2.21. The Morgan fingerprint density at radius 1 is 1.05 bits per heavy atom. The van der Waals surface area contributed by atoms with Crippen LogP contribution in [0.2, 0.25) is 5.02 Å². The van der Waals surface area contributed by atoms with Crippen LogP contribution in [-0.4, -0.2) is 25.0 Å². The number of ether oxygens (including phenoxy) is 2. The average Bonchev–Trinajstić information content (AvgIpc) is 2.85. The van der Waals surface area contributed by atoms with Crippen LogP contribution < -0.4 is 20.1 Å². The van der Waals surface area contributed by atoms with E-state index in [1.165, 1.54) is 6.08 Å². The van der Waals surface area contributed by atoms with Crippen molar-refractivity contribution in [3.05, 3.63) is 85.5 Å². The molecule has 0 aromatic heterocycles. The van der Waals surface area contributed by atoms with Gasteiger partial charge in [0.25, 0.3) is 11.8 Å². The molecule has 0 aliphatic carbocycles. The molecular weight excluding hydrogens is 605 g/mol. The smallest absolute Gasteiger partial charge is 0.266 e. The normalized spacial score (nSPS) is 10.9. The second-order valence-electron chi connectivity index (χ2n) is 8.05. The van der Waals surface area contributed by atoms with Gasteiger partial charge in [0.2, 0.25) is 0 Å². The van der Waals surface area contributed by atoms with Gasteiger partial charge in [0.05, 0.1) is 10.2 Å². The van der Waals surface area contributed by atoms with Gasteiger partial charge in [0, 0.05) is 16.4 Å². The molecule has 0 heterocycles. The van der Waals surface area contributed by atoms with Crippen molar-refractivity contribution in [1.82, 2.24) is 0 Å². The van der Waals surface area contributed by atoms with Crippen LogP contribution >= 0.6 is 34.2 Å². The van der Waals surface area contributed by atoms with Gasteiger partial charge in [-0.2, -0.15) is 5.26 Å². The van der Waals surface area contributed by atoms with Gasteiger partial charge in [-0.05, 0) is 109 Å². The number of hydrogen-bond acceptors (Lipinski definition) is 5. The van der Waals surface area contributed by atoms with E-state index in [4.69, 9.17) is 21.1 Å². The molecule has 0 saturated heterocycles. The number of anilines is 2. The van der Waals surface area contributed by atoms with Crippen LogP contribution in [0.25, 0.3) is 6.08 Å². The number of rotatable bonds is 9. The molecule has 0 fully saturated rings. The summed E-state index contributed by atoms with van der Waals surface area (Å²) in [6, 6.07) is 17.7. The van der Waals surface area contributed by atoms with Crippen molar-refractivity contribution in [3.8, 4) is 17.6 Å². The van der Waals surface area contributed by atoms with Crippen LogP contribution in [-0.2, 0) is 9.59 Å². The number of benzene rings is 3. The topological polar surface area (TPSA) is 100 Å². The molecular formula is C28H25ClIN3O4. The molecule has 0 atom stereocenters. The van der Waals surface area contributed by atoms with E-state index in [9.17, 15) is 14.9 Å². The molecule has 2 amide bonds. The molecule has 2 N–H and O–H groups in total. The zero-order valence-corrected chi connectivity index (χ0v) is 23.4. The molecule has 190 valence electrons. The van der Waals surface area contributed by atoms with Gasteiger partial charge in [-0.15, -0.1) is 0 Å². The summed E-state index contributed by atoms with van der Waals surface area (Å²) in [4.78, 5) is 25.2. The second-order valence-corrected chi connectivity index (χ2v) is 9.65. The van der Waals surface area contributed by atoms with Crippen molar-refractivity contribution in [3.63, 3.8) is 0 Å². The lowest BCUT2D eigenvalue weighted by Gasteiger charge is -2.15. The minimum absolute atomic E-state index is 0.0882. The highest BCUT2D eigenvalue weighted by Gasteiger charge is 2.16. The predicted octanol–water partition coefficient (Wildman–Crippen LogP) is 6.52. The summed E-state index contributed by atoms with van der Waals surface area (Å²) in [6.07, 6.45) is 1.47. The molecule has 0 bridgehead atoms. The van der Waals surface area contributed by atoms with Crippen LogP contribution in [0.1, 0.15) is 23.6 Å². The molecule has 37 heavy (non-hydrogen) atoms. The standard InChI is InChI=1S/C28H25ClIN3O4/c1-4-36-25-14-19(12-20(15-31)28(35)32-22-9-7-21(29)8-10-22)13-23(30)27(25)37-16-26(34)33-24-11-17(2)5-6-18(24)3/h5-14H,4,16H2,1-3H3,(H,32,35)(H,33,34)/b20-12-. The Balaban J connectivity index is 1.77. The van der Waals surface area contributed by atoms with Crippen LogP contribution in [0.5, 0.6) is 11.5 Å². The van der Waals surface area contributed by atoms with Crippen molar-refractivity contribution < 1.29 is 19.1 Å². The van der Waals surface area contributed by atoms with Gasteiger partial charge in [-0.3, -0.25) is 9.59 Å². The van der Waals surface area contributed by atoms with Gasteiger partial charge in [0.15, 0.2) is 18.1 Å². The Bertz CT molecular complexity index is 1380. The Hall–Kier alpha value is -3.55. The Kier molecular flexibility index (Phi) is 9.94. The second kappa shape index (κ2) is 13.1. The third kappa shape index (κ3) is 7.97. The quantitative estimate of drug-likeness (QED) is 0.159. The number of halogens is 2. The summed E-state index contributed by atoms with van der Waals surface area (Å²) in [7, 11) is 0. The number of nitrogens with one attached hydrogen (secondary N) is 2. The number of nitrogens with zero attached hydrogens (tertiary/aromatic N) is 1. The molecule has 0 unspecified atom stereocenters. The van der Waals surface area contributed by atoms with E-state index in [-0.39, 0.29) is 18.1 Å². The van der Waals surface area contributed by atoms with Crippen LogP contribution in [0.15, 0.2) is 60.2 Å². The van der Waals surface area contributed by atoms with E-state index >= 15 is 0 Å². The molecule has 3 aromatic rings. The zero-order valence-electron chi connectivity index (χ0n) is 20.5. The van der Waals surface area contributed by atoms with Gasteiger partial charge in [-0.1, -0.05) is 23.7 Å². The Morgan fingerprint density at radius 2 is 1.78 bits per heavy atom. The molecule has 3 rings (SSSR count). The number of carbonyl (C=O) groups is 2. The Morgan fingerprint density at radius 3 is 2.46 bits per heavy atom. The van der Waals surface area contributed by atoms with Crippen molar-refractivity contribution >= 4 is 63.5 Å². The van der Waals surface area contributed by atoms with E-state index < -0.39 is 5.91 Å². The van der Waals surface area contributed by atoms with Gasteiger partial charge < -0.3 is 20.1 Å². The minimum Gasteiger partial charge on any atom is -0.490 e. The lowest BCUT2D eigenvalue weighted by atomic mass is 10.1. The molecule has 9 heteroatoms. The maximum atomic E-state index is 12.6. The summed E-state index contributed by atoms with van der Waals surface area (Å²) >= 11 is 7.95. The molecule has 3 aromatic carbocycles. The van der Waals surface area contributed by atoms with Gasteiger partial charge >= 0.3 is 0 Å². The third-order valence-electron chi connectivity index (χ3n) is 5.12. The summed E-state index contributed by atoms with van der Waals surface area (Å²) in [5.74, 6) is -0.0572. The number of carbonyl (C=O) groups excluding carboxylic acids is 2. The van der Waals surface area contributed by atoms with E-state index in [0.717, 1.165) is 16.8 Å². The molecule has 0 aliphatic heterocycles. The minimum atomic E-state index is -0.554. The highest BCUT2D eigenvalue weighted by Crippen LogP contribution is 2.35. The fourth-order valence-electron chi connectivity index (χ4n) is 3.32. The summed E-state index contributed by atoms with van der Waals surface area (Å²) in [6.45, 7) is 5.84. The molecule has 0 aliphatic rings. The number of hydrogen-bond donors (Lipinski definition) is 2. The molecule has 0 saturated carbocycles. The maximum absolute atomic E-state index is 12.6. The fraction of sp³-hybridized carbons (Fsp3) is 0.179. The van der Waals surface area contributed by atoms with Crippen molar-refractivity contribution in [1.29, 1.82) is 5.26 Å². The Labute approximate surface area is 234 Å². The van der Waals surface area contributed by atoms with Crippen molar-refractivity contribution in [2.75, 3.05) is 23.8 Å². The van der Waals surface area contributed by atoms with Gasteiger partial charge in [0.1, 0.15) is 11.6 Å². The summed E-state index contributed by atoms with van der Waals surface area (Å²) in [5.41, 5.74) is 3.72. The first kappa shape index (κ1) is 28.0. The van der Waals surface area contributed by atoms with E-state index in [2.05, 4.69) is 33.2 Å². The highest BCUT2D eigenvalue weighted by atomic mass is 127. The van der Waals surface area contributed by atoms with Crippen LogP contribution in [0.3, 0.4) is 0 Å². The monoisotopic (exact) mass is 629 g/mol. The van der Waals surface area contributed by atoms with Crippen LogP contribution in [0.4, 0.5) is 11.4 Å². The van der Waals surface area contributed by atoms with E-state index in [1.807, 2.05) is 45.0 Å².